The van der Waals surface area contributed by atoms with Crippen molar-refractivity contribution in [2.45, 2.75) is 6.42 Å². The summed E-state index contributed by atoms with van der Waals surface area (Å²) in [5.74, 6) is -0.163. The largest absolute Gasteiger partial charge is 0.367 e. The third-order valence-electron chi connectivity index (χ3n) is 3.86. The smallest absolute Gasteiger partial charge is 0.271 e. The number of nitrogens with one attached hydrogen (secondary N) is 1. The second kappa shape index (κ2) is 6.67. The van der Waals surface area contributed by atoms with Gasteiger partial charge in [0.1, 0.15) is 0 Å². The summed E-state index contributed by atoms with van der Waals surface area (Å²) in [4.78, 5) is 24.5. The van der Waals surface area contributed by atoms with Crippen molar-refractivity contribution in [1.29, 1.82) is 0 Å². The van der Waals surface area contributed by atoms with Gasteiger partial charge in [-0.25, -0.2) is 0 Å². The van der Waals surface area contributed by atoms with Gasteiger partial charge in [0.2, 0.25) is 0 Å². The zero-order valence-corrected chi connectivity index (χ0v) is 14.0. The number of nitro groups is 1. The Morgan fingerprint density at radius 3 is 2.71 bits per heavy atom. The van der Waals surface area contributed by atoms with E-state index in [1.54, 1.807) is 17.0 Å². The van der Waals surface area contributed by atoms with Crippen LogP contribution in [0.3, 0.4) is 0 Å². The highest BCUT2D eigenvalue weighted by Gasteiger charge is 2.25. The van der Waals surface area contributed by atoms with E-state index in [4.69, 9.17) is 23.2 Å². The number of non-ortho nitro benzene ring substituents is 1. The van der Waals surface area contributed by atoms with Gasteiger partial charge in [0, 0.05) is 28.7 Å². The molecule has 0 fully saturated rings. The molecular weight excluding hydrogens is 353 g/mol. The molecule has 0 saturated carbocycles. The Kier molecular flexibility index (Phi) is 4.59. The molecule has 1 aliphatic heterocycles. The average molecular weight is 366 g/mol. The first kappa shape index (κ1) is 16.5. The number of hydrogen-bond acceptors (Lipinski definition) is 4. The highest BCUT2D eigenvalue weighted by atomic mass is 35.5. The summed E-state index contributed by atoms with van der Waals surface area (Å²) in [7, 11) is 0. The lowest BCUT2D eigenvalue weighted by Gasteiger charge is -2.29. The Balaban J connectivity index is 1.73. The van der Waals surface area contributed by atoms with Crippen LogP contribution < -0.4 is 5.32 Å². The molecule has 0 unspecified atom stereocenters. The first-order valence-corrected chi connectivity index (χ1v) is 7.97. The molecule has 2 aromatic rings. The van der Waals surface area contributed by atoms with Crippen LogP contribution in [-0.2, 0) is 6.42 Å². The topological polar surface area (TPSA) is 75.5 Å². The number of benzene rings is 2. The molecule has 0 aromatic heterocycles. The van der Waals surface area contributed by atoms with Gasteiger partial charge in [0.15, 0.2) is 0 Å². The SMILES string of the molecule is O=C1c2ccc([N+](=O)[O-])cc2NCN1CCc1ccc(Cl)cc1Cl. The fourth-order valence-electron chi connectivity index (χ4n) is 2.56. The molecule has 0 saturated heterocycles. The van der Waals surface area contributed by atoms with Crippen molar-refractivity contribution >= 4 is 40.5 Å². The molecule has 0 radical (unpaired) electrons. The Morgan fingerprint density at radius 2 is 2.00 bits per heavy atom. The molecule has 1 amide bonds. The zero-order chi connectivity index (χ0) is 17.3. The summed E-state index contributed by atoms with van der Waals surface area (Å²) in [6, 6.07) is 9.45. The molecule has 24 heavy (non-hydrogen) atoms. The quantitative estimate of drug-likeness (QED) is 0.656. The zero-order valence-electron chi connectivity index (χ0n) is 12.5. The van der Waals surface area contributed by atoms with Crippen molar-refractivity contribution in [2.75, 3.05) is 18.5 Å². The van der Waals surface area contributed by atoms with Gasteiger partial charge in [-0.1, -0.05) is 29.3 Å². The number of nitrogens with zero attached hydrogens (tertiary/aromatic N) is 2. The fourth-order valence-corrected chi connectivity index (χ4v) is 3.06. The Hall–Kier alpha value is -2.31. The number of nitro benzene ring substituents is 1. The lowest BCUT2D eigenvalue weighted by molar-refractivity contribution is -0.384. The van der Waals surface area contributed by atoms with Gasteiger partial charge in [-0.3, -0.25) is 14.9 Å². The van der Waals surface area contributed by atoms with Gasteiger partial charge >= 0.3 is 0 Å². The molecule has 1 aliphatic rings. The summed E-state index contributed by atoms with van der Waals surface area (Å²) in [5, 5.41) is 15.0. The maximum Gasteiger partial charge on any atom is 0.271 e. The molecule has 0 spiro atoms. The first-order chi connectivity index (χ1) is 11.5. The molecule has 6 nitrogen and oxygen atoms in total. The second-order valence-electron chi connectivity index (χ2n) is 5.38. The molecule has 124 valence electrons. The summed E-state index contributed by atoms with van der Waals surface area (Å²) >= 11 is 12.0. The highest BCUT2D eigenvalue weighted by Crippen LogP contribution is 2.27. The van der Waals surface area contributed by atoms with E-state index in [-0.39, 0.29) is 18.3 Å². The summed E-state index contributed by atoms with van der Waals surface area (Å²) in [5.41, 5.74) is 1.77. The van der Waals surface area contributed by atoms with Crippen molar-refractivity contribution in [3.05, 3.63) is 67.7 Å². The third kappa shape index (κ3) is 3.29. The Labute approximate surface area is 148 Å². The first-order valence-electron chi connectivity index (χ1n) is 7.21. The number of rotatable bonds is 4. The Morgan fingerprint density at radius 1 is 1.21 bits per heavy atom. The van der Waals surface area contributed by atoms with Crippen LogP contribution in [0.15, 0.2) is 36.4 Å². The lowest BCUT2D eigenvalue weighted by Crippen LogP contribution is -2.41. The standard InChI is InChI=1S/C16H13Cl2N3O3/c17-11-2-1-10(14(18)7-11)5-6-20-9-19-15-8-12(21(23)24)3-4-13(15)16(20)22/h1-4,7-8,19H,5-6,9H2. The molecule has 3 rings (SSSR count). The Bertz CT molecular complexity index is 826. The van der Waals surface area contributed by atoms with Crippen LogP contribution in [-0.4, -0.2) is 28.9 Å². The van der Waals surface area contributed by atoms with Gasteiger partial charge in [0.05, 0.1) is 22.8 Å². The molecule has 2 aromatic carbocycles. The fraction of sp³-hybridized carbons (Fsp3) is 0.188. The third-order valence-corrected chi connectivity index (χ3v) is 4.45. The van der Waals surface area contributed by atoms with E-state index in [0.29, 0.717) is 34.3 Å². The van der Waals surface area contributed by atoms with Crippen molar-refractivity contribution in [1.82, 2.24) is 4.90 Å². The molecular formula is C16H13Cl2N3O3. The van der Waals surface area contributed by atoms with Crippen LogP contribution >= 0.6 is 23.2 Å². The molecule has 1 N–H and O–H groups in total. The van der Waals surface area contributed by atoms with Crippen LogP contribution in [0.2, 0.25) is 10.0 Å². The summed E-state index contributed by atoms with van der Waals surface area (Å²) in [6.07, 6.45) is 0.589. The van der Waals surface area contributed by atoms with Gasteiger partial charge in [0.25, 0.3) is 11.6 Å². The van der Waals surface area contributed by atoms with E-state index in [2.05, 4.69) is 5.32 Å². The minimum Gasteiger partial charge on any atom is -0.367 e. The number of anilines is 1. The van der Waals surface area contributed by atoms with Gasteiger partial charge < -0.3 is 10.2 Å². The predicted molar refractivity (Wildman–Crippen MR) is 92.8 cm³/mol. The van der Waals surface area contributed by atoms with Crippen molar-refractivity contribution < 1.29 is 9.72 Å². The van der Waals surface area contributed by atoms with Gasteiger partial charge in [-0.2, -0.15) is 0 Å². The van der Waals surface area contributed by atoms with E-state index in [0.717, 1.165) is 5.56 Å². The summed E-state index contributed by atoms with van der Waals surface area (Å²) < 4.78 is 0. The summed E-state index contributed by atoms with van der Waals surface area (Å²) in [6.45, 7) is 0.766. The molecule has 0 atom stereocenters. The monoisotopic (exact) mass is 365 g/mol. The minimum atomic E-state index is -0.485. The lowest BCUT2D eigenvalue weighted by atomic mass is 10.1. The normalized spacial score (nSPS) is 13.4. The average Bonchev–Trinajstić information content (AvgIpc) is 2.55. The van der Waals surface area contributed by atoms with Crippen molar-refractivity contribution in [3.63, 3.8) is 0 Å². The highest BCUT2D eigenvalue weighted by molar-refractivity contribution is 6.35. The maximum absolute atomic E-state index is 12.5. The van der Waals surface area contributed by atoms with Crippen molar-refractivity contribution in [3.8, 4) is 0 Å². The predicted octanol–water partition coefficient (Wildman–Crippen LogP) is 3.97. The van der Waals surface area contributed by atoms with Gasteiger partial charge in [-0.15, -0.1) is 0 Å². The number of carbonyl (C=O) groups excluding carboxylic acids is 1. The van der Waals surface area contributed by atoms with Crippen LogP contribution in [0.25, 0.3) is 0 Å². The van der Waals surface area contributed by atoms with Gasteiger partial charge in [-0.05, 0) is 30.2 Å². The van der Waals surface area contributed by atoms with Crippen LogP contribution in [0.5, 0.6) is 0 Å². The van der Waals surface area contributed by atoms with Crippen LogP contribution in [0.1, 0.15) is 15.9 Å². The number of halogens is 2. The van der Waals surface area contributed by atoms with Crippen molar-refractivity contribution in [2.24, 2.45) is 0 Å². The number of amides is 1. The van der Waals surface area contributed by atoms with E-state index >= 15 is 0 Å². The van der Waals surface area contributed by atoms with Crippen LogP contribution in [0, 0.1) is 10.1 Å². The molecule has 0 aliphatic carbocycles. The number of carbonyl (C=O) groups is 1. The molecule has 8 heteroatoms. The number of hydrogen-bond donors (Lipinski definition) is 1. The molecule has 0 bridgehead atoms. The van der Waals surface area contributed by atoms with E-state index in [1.807, 2.05) is 6.07 Å². The second-order valence-corrected chi connectivity index (χ2v) is 6.22. The number of fused-ring (bicyclic) bond motifs is 1. The minimum absolute atomic E-state index is 0.0459. The molecule has 1 heterocycles. The van der Waals surface area contributed by atoms with E-state index < -0.39 is 4.92 Å². The van der Waals surface area contributed by atoms with E-state index in [1.165, 1.54) is 18.2 Å². The maximum atomic E-state index is 12.5. The van der Waals surface area contributed by atoms with E-state index in [9.17, 15) is 14.9 Å². The van der Waals surface area contributed by atoms with Crippen LogP contribution in [0.4, 0.5) is 11.4 Å².